The van der Waals surface area contributed by atoms with E-state index in [1.165, 1.54) is 0 Å². The van der Waals surface area contributed by atoms with Gasteiger partial charge < -0.3 is 24.8 Å². The molecule has 1 aliphatic rings. The smallest absolute Gasteiger partial charge is 0.333 e. The number of benzene rings is 1. The fourth-order valence-corrected chi connectivity index (χ4v) is 3.88. The third kappa shape index (κ3) is 5.69. The molecule has 2 N–H and O–H groups in total. The highest BCUT2D eigenvalue weighted by Gasteiger charge is 2.26. The number of carbonyl (C=O) groups excluding carboxylic acids is 1. The number of carbonyl (C=O) groups is 1. The number of aliphatic hydroxyl groups excluding tert-OH is 1. The normalized spacial score (nSPS) is 16.2. The monoisotopic (exact) mass is 460 g/mol. The van der Waals surface area contributed by atoms with Gasteiger partial charge in [-0.2, -0.15) is 4.98 Å². The number of hydrogen-bond acceptors (Lipinski definition) is 8. The predicted octanol–water partition coefficient (Wildman–Crippen LogP) is 3.68. The van der Waals surface area contributed by atoms with Gasteiger partial charge in [0.05, 0.1) is 31.4 Å². The molecule has 2 aromatic rings. The van der Waals surface area contributed by atoms with Gasteiger partial charge in [-0.05, 0) is 50.5 Å². The molecule has 0 amide bonds. The number of aromatic nitrogens is 2. The summed E-state index contributed by atoms with van der Waals surface area (Å²) in [5.74, 6) is 1.35. The van der Waals surface area contributed by atoms with Gasteiger partial charge in [0, 0.05) is 30.4 Å². The van der Waals surface area contributed by atoms with Gasteiger partial charge in [0.1, 0.15) is 11.6 Å². The van der Waals surface area contributed by atoms with E-state index in [-0.39, 0.29) is 18.6 Å². The van der Waals surface area contributed by atoms with E-state index in [1.807, 2.05) is 23.1 Å². The quantitative estimate of drug-likeness (QED) is 0.432. The number of rotatable bonds is 9. The maximum Gasteiger partial charge on any atom is 0.333 e. The van der Waals surface area contributed by atoms with Crippen molar-refractivity contribution in [2.45, 2.75) is 39.3 Å². The Morgan fingerprint density at radius 3 is 2.94 bits per heavy atom. The summed E-state index contributed by atoms with van der Waals surface area (Å²) in [6.07, 6.45) is 5.27. The van der Waals surface area contributed by atoms with Crippen LogP contribution in [0.5, 0.6) is 5.75 Å². The Kier molecular flexibility index (Phi) is 8.30. The highest BCUT2D eigenvalue weighted by Crippen LogP contribution is 2.27. The second kappa shape index (κ2) is 11.2. The Labute approximate surface area is 193 Å². The van der Waals surface area contributed by atoms with Crippen molar-refractivity contribution < 1.29 is 19.4 Å². The van der Waals surface area contributed by atoms with Crippen LogP contribution in [0.3, 0.4) is 0 Å². The third-order valence-corrected chi connectivity index (χ3v) is 5.59. The molecule has 1 aromatic heterocycles. The zero-order valence-corrected chi connectivity index (χ0v) is 19.4. The number of halogens is 1. The first kappa shape index (κ1) is 23.8. The zero-order chi connectivity index (χ0) is 23.1. The highest BCUT2D eigenvalue weighted by molar-refractivity contribution is 6.32. The Morgan fingerprint density at radius 2 is 2.25 bits per heavy atom. The number of hydrogen-bond donors (Lipinski definition) is 2. The van der Waals surface area contributed by atoms with Crippen molar-refractivity contribution in [3.8, 4) is 5.75 Å². The van der Waals surface area contributed by atoms with Gasteiger partial charge in [-0.15, -0.1) is 0 Å². The molecule has 1 atom stereocenters. The van der Waals surface area contributed by atoms with Gasteiger partial charge >= 0.3 is 5.97 Å². The topological polar surface area (TPSA) is 96.8 Å². The van der Waals surface area contributed by atoms with Crippen molar-refractivity contribution in [3.63, 3.8) is 0 Å². The minimum absolute atomic E-state index is 0.00547. The van der Waals surface area contributed by atoms with Crippen LogP contribution in [0.4, 0.5) is 11.8 Å². The molecule has 1 aliphatic heterocycles. The molecule has 2 heterocycles. The molecule has 172 valence electrons. The van der Waals surface area contributed by atoms with Crippen molar-refractivity contribution >= 4 is 35.4 Å². The molecule has 0 radical (unpaired) electrons. The molecule has 0 saturated carbocycles. The molecular formula is C23H29ClN4O4. The van der Waals surface area contributed by atoms with Gasteiger partial charge in [-0.3, -0.25) is 0 Å². The molecular weight excluding hydrogens is 432 g/mol. The minimum Gasteiger partial charge on any atom is -0.495 e. The molecule has 1 fully saturated rings. The van der Waals surface area contributed by atoms with E-state index in [0.29, 0.717) is 46.8 Å². The zero-order valence-electron chi connectivity index (χ0n) is 18.6. The Hall–Kier alpha value is -2.84. The fraction of sp³-hybridized carbons (Fsp3) is 0.435. The standard InChI is InChI=1S/C23H29ClN4O4/c1-4-32-22(30)15(2)10-17-13-26-23(28-9-5-6-18(28)14-29)27-21(17)25-12-16-7-8-20(31-3)19(24)11-16/h7-8,10-11,13,18,29H,4-6,9,12,14H2,1-3H3,(H,25,26,27)/b15-10+/t18-/m0/s1. The van der Waals surface area contributed by atoms with E-state index < -0.39 is 0 Å². The maximum absolute atomic E-state index is 12.1. The molecule has 8 nitrogen and oxygen atoms in total. The van der Waals surface area contributed by atoms with E-state index in [4.69, 9.17) is 26.1 Å². The van der Waals surface area contributed by atoms with E-state index in [9.17, 15) is 9.90 Å². The van der Waals surface area contributed by atoms with Gasteiger partial charge in [0.15, 0.2) is 0 Å². The number of ether oxygens (including phenoxy) is 2. The summed E-state index contributed by atoms with van der Waals surface area (Å²) in [5.41, 5.74) is 2.06. The first-order chi connectivity index (χ1) is 15.5. The highest BCUT2D eigenvalue weighted by atomic mass is 35.5. The van der Waals surface area contributed by atoms with Crippen molar-refractivity contribution in [2.75, 3.05) is 37.1 Å². The van der Waals surface area contributed by atoms with Crippen LogP contribution in [0.2, 0.25) is 5.02 Å². The van der Waals surface area contributed by atoms with Crippen LogP contribution in [-0.2, 0) is 16.1 Å². The molecule has 0 bridgehead atoms. The summed E-state index contributed by atoms with van der Waals surface area (Å²) in [6.45, 7) is 5.07. The van der Waals surface area contributed by atoms with Crippen LogP contribution in [0.25, 0.3) is 6.08 Å². The first-order valence-electron chi connectivity index (χ1n) is 10.6. The number of aliphatic hydroxyl groups is 1. The minimum atomic E-state index is -0.385. The van der Waals surface area contributed by atoms with Crippen LogP contribution >= 0.6 is 11.6 Å². The van der Waals surface area contributed by atoms with Gasteiger partial charge in [-0.1, -0.05) is 17.7 Å². The van der Waals surface area contributed by atoms with E-state index in [1.54, 1.807) is 33.2 Å². The summed E-state index contributed by atoms with van der Waals surface area (Å²) < 4.78 is 10.3. The largest absolute Gasteiger partial charge is 0.495 e. The Bertz CT molecular complexity index is 982. The molecule has 32 heavy (non-hydrogen) atoms. The SMILES string of the molecule is CCOC(=O)/C(C)=C/c1cnc(N2CCC[C@H]2CO)nc1NCc1ccc(OC)c(Cl)c1. The molecule has 1 aromatic carbocycles. The first-order valence-corrected chi connectivity index (χ1v) is 11.0. The lowest BCUT2D eigenvalue weighted by Gasteiger charge is -2.23. The summed E-state index contributed by atoms with van der Waals surface area (Å²) in [5, 5.41) is 13.5. The third-order valence-electron chi connectivity index (χ3n) is 5.29. The van der Waals surface area contributed by atoms with Crippen LogP contribution in [0.15, 0.2) is 30.0 Å². The summed E-state index contributed by atoms with van der Waals surface area (Å²) in [4.78, 5) is 23.3. The van der Waals surface area contributed by atoms with Crippen molar-refractivity contribution in [3.05, 3.63) is 46.1 Å². The van der Waals surface area contributed by atoms with E-state index in [0.717, 1.165) is 24.9 Å². The Balaban J connectivity index is 1.90. The van der Waals surface area contributed by atoms with E-state index >= 15 is 0 Å². The second-order valence-corrected chi connectivity index (χ2v) is 7.92. The van der Waals surface area contributed by atoms with Gasteiger partial charge in [0.25, 0.3) is 0 Å². The molecule has 9 heteroatoms. The Morgan fingerprint density at radius 1 is 1.44 bits per heavy atom. The molecule has 1 saturated heterocycles. The van der Waals surface area contributed by atoms with Gasteiger partial charge in [0.2, 0.25) is 5.95 Å². The van der Waals surface area contributed by atoms with Crippen LogP contribution < -0.4 is 15.0 Å². The molecule has 3 rings (SSSR count). The van der Waals surface area contributed by atoms with Crippen LogP contribution in [0, 0.1) is 0 Å². The average molecular weight is 461 g/mol. The maximum atomic E-state index is 12.1. The fourth-order valence-electron chi connectivity index (χ4n) is 3.60. The number of nitrogens with zero attached hydrogens (tertiary/aromatic N) is 3. The summed E-state index contributed by atoms with van der Waals surface area (Å²) in [7, 11) is 1.57. The number of methoxy groups -OCH3 is 1. The van der Waals surface area contributed by atoms with Gasteiger partial charge in [-0.25, -0.2) is 9.78 Å². The summed E-state index contributed by atoms with van der Waals surface area (Å²) in [6, 6.07) is 5.57. The second-order valence-electron chi connectivity index (χ2n) is 7.52. The average Bonchev–Trinajstić information content (AvgIpc) is 3.27. The molecule has 0 aliphatic carbocycles. The lowest BCUT2D eigenvalue weighted by atomic mass is 10.1. The molecule has 0 unspecified atom stereocenters. The lowest BCUT2D eigenvalue weighted by molar-refractivity contribution is -0.138. The number of esters is 1. The van der Waals surface area contributed by atoms with Crippen LogP contribution in [-0.4, -0.2) is 54.0 Å². The molecule has 0 spiro atoms. The van der Waals surface area contributed by atoms with Crippen molar-refractivity contribution in [1.29, 1.82) is 0 Å². The van der Waals surface area contributed by atoms with E-state index in [2.05, 4.69) is 10.3 Å². The number of nitrogens with one attached hydrogen (secondary N) is 1. The predicted molar refractivity (Wildman–Crippen MR) is 125 cm³/mol. The van der Waals surface area contributed by atoms with Crippen molar-refractivity contribution in [1.82, 2.24) is 9.97 Å². The lowest BCUT2D eigenvalue weighted by Crippen LogP contribution is -2.33. The number of anilines is 2. The summed E-state index contributed by atoms with van der Waals surface area (Å²) >= 11 is 6.25. The van der Waals surface area contributed by atoms with Crippen LogP contribution in [0.1, 0.15) is 37.8 Å². The van der Waals surface area contributed by atoms with Crippen molar-refractivity contribution in [2.24, 2.45) is 0 Å².